The van der Waals surface area contributed by atoms with Gasteiger partial charge in [0, 0.05) is 11.2 Å². The molecule has 0 saturated carbocycles. The first-order valence-electron chi connectivity index (χ1n) is 7.52. The van der Waals surface area contributed by atoms with Gasteiger partial charge in [0.05, 0.1) is 6.61 Å². The number of rotatable bonds is 10. The number of carbonyl (C=O) groups excluding carboxylic acids is 1. The van der Waals surface area contributed by atoms with Gasteiger partial charge in [-0.3, -0.25) is 4.79 Å². The number of hydrogen-bond acceptors (Lipinski definition) is 4. The summed E-state index contributed by atoms with van der Waals surface area (Å²) in [6.07, 6.45) is 11.9. The fraction of sp³-hybridized carbons (Fsp3) is 0.562. The Hall–Kier alpha value is -1.21. The lowest BCUT2D eigenvalue weighted by molar-refractivity contribution is -0.146. The van der Waals surface area contributed by atoms with Crippen molar-refractivity contribution >= 4 is 24.1 Å². The first-order valence-corrected chi connectivity index (χ1v) is 10.1. The van der Waals surface area contributed by atoms with E-state index < -0.39 is 18.9 Å². The number of esters is 1. The van der Waals surface area contributed by atoms with Crippen molar-refractivity contribution < 1.29 is 18.6 Å². The first-order chi connectivity index (χ1) is 10.8. The Bertz CT molecular complexity index is 521. The summed E-state index contributed by atoms with van der Waals surface area (Å²) in [6.45, 7) is 3.87. The van der Waals surface area contributed by atoms with E-state index in [0.717, 1.165) is 12.8 Å². The summed E-state index contributed by atoms with van der Waals surface area (Å²) in [5.74, 6) is 2.00. The molecule has 0 saturated heterocycles. The zero-order chi connectivity index (χ0) is 17.9. The fourth-order valence-corrected chi connectivity index (χ4v) is 3.22. The van der Waals surface area contributed by atoms with Crippen molar-refractivity contribution in [2.24, 2.45) is 5.92 Å². The number of carbonyl (C=O) groups is 1. The highest BCUT2D eigenvalue weighted by Gasteiger charge is 2.28. The van der Waals surface area contributed by atoms with E-state index in [4.69, 9.17) is 26.9 Å². The molecule has 0 radical (unpaired) electrons. The average Bonchev–Trinajstić information content (AvgIpc) is 2.51. The average molecular weight is 362 g/mol. The highest BCUT2D eigenvalue weighted by Crippen LogP contribution is 2.50. The zero-order valence-electron chi connectivity index (χ0n) is 14.0. The molecule has 0 aliphatic carbocycles. The van der Waals surface area contributed by atoms with Crippen molar-refractivity contribution in [2.45, 2.75) is 46.6 Å². The molecule has 1 N–H and O–H groups in total. The highest BCUT2D eigenvalue weighted by atomic mass is 35.7. The predicted molar refractivity (Wildman–Crippen MR) is 93.9 cm³/mol. The second-order valence-electron chi connectivity index (χ2n) is 4.94. The monoisotopic (exact) mass is 361 g/mol. The highest BCUT2D eigenvalue weighted by molar-refractivity contribution is 7.83. The lowest BCUT2D eigenvalue weighted by Gasteiger charge is -2.19. The molecule has 0 aromatic carbocycles. The minimum atomic E-state index is -3.80. The predicted octanol–water partition coefficient (Wildman–Crippen LogP) is 4.40. The van der Waals surface area contributed by atoms with Crippen molar-refractivity contribution in [1.82, 2.24) is 5.09 Å². The van der Waals surface area contributed by atoms with Gasteiger partial charge < -0.3 is 9.26 Å². The van der Waals surface area contributed by atoms with E-state index >= 15 is 0 Å². The van der Waals surface area contributed by atoms with Crippen LogP contribution in [0.2, 0.25) is 0 Å². The van der Waals surface area contributed by atoms with E-state index in [9.17, 15) is 9.36 Å². The van der Waals surface area contributed by atoms with Gasteiger partial charge >= 0.3 is 12.8 Å². The van der Waals surface area contributed by atoms with Crippen LogP contribution in [0.3, 0.4) is 0 Å². The smallest absolute Gasteiger partial charge is 0.410 e. The summed E-state index contributed by atoms with van der Waals surface area (Å²) in [6, 6.07) is -0.881. The second-order valence-corrected chi connectivity index (χ2v) is 7.67. The molecule has 7 heteroatoms. The Kier molecular flexibility index (Phi) is 10.7. The molecule has 0 bridgehead atoms. The van der Waals surface area contributed by atoms with Crippen LogP contribution in [0.4, 0.5) is 0 Å². The summed E-state index contributed by atoms with van der Waals surface area (Å²) in [7, 11) is 0. The van der Waals surface area contributed by atoms with Gasteiger partial charge in [0.25, 0.3) is 0 Å². The molecule has 0 aliphatic rings. The number of allylic oxidation sites excluding steroid dienone is 4. The maximum absolute atomic E-state index is 12.2. The Balaban J connectivity index is 4.62. The van der Waals surface area contributed by atoms with Gasteiger partial charge in [-0.2, -0.15) is 0 Å². The molecule has 23 heavy (non-hydrogen) atoms. The lowest BCUT2D eigenvalue weighted by atomic mass is 10.1. The van der Waals surface area contributed by atoms with Crippen molar-refractivity contribution in [3.05, 3.63) is 24.0 Å². The minimum Gasteiger partial charge on any atom is -0.464 e. The molecule has 0 fully saturated rings. The van der Waals surface area contributed by atoms with Crippen LogP contribution in [-0.4, -0.2) is 18.6 Å². The number of ether oxygens (including phenoxy) is 1. The van der Waals surface area contributed by atoms with E-state index in [2.05, 4.69) is 11.0 Å². The third kappa shape index (κ3) is 9.50. The standard InChI is InChI=1S/C16H25ClNO4P/c1-6-10-11-15(9-4)22-23(17,20)18-13(5)16(19)21-12-14(7-2)8-3/h4,6,10-11,13-14H,7-8,12H2,1-3,5H3,(H,18,20)/b10-6-,15-11+/t13-,23?/m0/s1. The topological polar surface area (TPSA) is 64.6 Å². The molecule has 0 aromatic heterocycles. The van der Waals surface area contributed by atoms with Gasteiger partial charge in [0.15, 0.2) is 5.76 Å². The number of halogens is 1. The second kappa shape index (κ2) is 11.3. The van der Waals surface area contributed by atoms with Crippen LogP contribution in [0.15, 0.2) is 24.0 Å². The largest absolute Gasteiger partial charge is 0.464 e. The van der Waals surface area contributed by atoms with E-state index in [1.165, 1.54) is 13.0 Å². The first kappa shape index (κ1) is 21.8. The van der Waals surface area contributed by atoms with Gasteiger partial charge in [-0.25, -0.2) is 9.65 Å². The molecule has 0 spiro atoms. The van der Waals surface area contributed by atoms with Gasteiger partial charge in [0.1, 0.15) is 6.04 Å². The summed E-state index contributed by atoms with van der Waals surface area (Å²) in [4.78, 5) is 11.9. The molecule has 0 amide bonds. The molecular weight excluding hydrogens is 337 g/mol. The van der Waals surface area contributed by atoms with E-state index in [0.29, 0.717) is 12.5 Å². The molecule has 0 rings (SSSR count). The Morgan fingerprint density at radius 3 is 2.52 bits per heavy atom. The number of nitrogens with one attached hydrogen (secondary N) is 1. The van der Waals surface area contributed by atoms with Crippen LogP contribution in [0.25, 0.3) is 0 Å². The Labute approximate surface area is 143 Å². The molecule has 0 aromatic rings. The lowest BCUT2D eigenvalue weighted by Crippen LogP contribution is -2.33. The van der Waals surface area contributed by atoms with Crippen LogP contribution < -0.4 is 5.09 Å². The summed E-state index contributed by atoms with van der Waals surface area (Å²) < 4.78 is 22.4. The summed E-state index contributed by atoms with van der Waals surface area (Å²) in [5, 5.41) is 2.42. The Morgan fingerprint density at radius 1 is 1.43 bits per heavy atom. The van der Waals surface area contributed by atoms with Crippen molar-refractivity contribution in [3.8, 4) is 12.3 Å². The minimum absolute atomic E-state index is 0.00605. The van der Waals surface area contributed by atoms with Crippen molar-refractivity contribution in [1.29, 1.82) is 0 Å². The van der Waals surface area contributed by atoms with Crippen molar-refractivity contribution in [2.75, 3.05) is 6.61 Å². The van der Waals surface area contributed by atoms with Crippen molar-refractivity contribution in [3.63, 3.8) is 0 Å². The third-order valence-corrected chi connectivity index (χ3v) is 4.74. The van der Waals surface area contributed by atoms with Crippen LogP contribution >= 0.6 is 18.1 Å². The third-order valence-electron chi connectivity index (χ3n) is 3.12. The van der Waals surface area contributed by atoms with Crippen LogP contribution in [0.5, 0.6) is 0 Å². The molecular formula is C16H25ClNO4P. The Morgan fingerprint density at radius 2 is 2.04 bits per heavy atom. The van der Waals surface area contributed by atoms with Gasteiger partial charge in [-0.15, -0.1) is 6.42 Å². The quantitative estimate of drug-likeness (QED) is 0.205. The SMILES string of the molecule is C#C/C(=C\C=C/C)OP(=O)(Cl)N[C@@H](C)C(=O)OCC(CC)CC. The molecule has 130 valence electrons. The van der Waals surface area contributed by atoms with Crippen LogP contribution in [-0.2, 0) is 18.6 Å². The molecule has 0 aliphatic heterocycles. The zero-order valence-corrected chi connectivity index (χ0v) is 15.7. The number of terminal acetylenes is 1. The maximum Gasteiger partial charge on any atom is 0.410 e. The van der Waals surface area contributed by atoms with Gasteiger partial charge in [-0.05, 0) is 31.8 Å². The maximum atomic E-state index is 12.2. The van der Waals surface area contributed by atoms with Crippen LogP contribution in [0, 0.1) is 18.3 Å². The molecule has 0 heterocycles. The van der Waals surface area contributed by atoms with Gasteiger partial charge in [0.2, 0.25) is 0 Å². The van der Waals surface area contributed by atoms with Gasteiger partial charge in [-0.1, -0.05) is 38.8 Å². The fourth-order valence-electron chi connectivity index (χ4n) is 1.57. The molecule has 5 nitrogen and oxygen atoms in total. The van der Waals surface area contributed by atoms with E-state index in [-0.39, 0.29) is 5.76 Å². The normalized spacial score (nSPS) is 16.0. The van der Waals surface area contributed by atoms with E-state index in [1.807, 2.05) is 13.8 Å². The summed E-state index contributed by atoms with van der Waals surface area (Å²) in [5.41, 5.74) is 0. The van der Waals surface area contributed by atoms with E-state index in [1.54, 1.807) is 19.1 Å². The van der Waals surface area contributed by atoms with Crippen LogP contribution in [0.1, 0.15) is 40.5 Å². The summed E-state index contributed by atoms with van der Waals surface area (Å²) >= 11 is 5.80. The molecule has 1 unspecified atom stereocenters. The number of hydrogen-bond donors (Lipinski definition) is 1. The molecule has 2 atom stereocenters.